The summed E-state index contributed by atoms with van der Waals surface area (Å²) in [6.07, 6.45) is -0.128. The molecule has 0 atom stereocenters. The smallest absolute Gasteiger partial charge is 0.450 e. The highest BCUT2D eigenvalue weighted by molar-refractivity contribution is 5.60. The number of hydrogen-bond acceptors (Lipinski definition) is 4. The molecule has 0 radical (unpaired) electrons. The van der Waals surface area contributed by atoms with Crippen LogP contribution in [0.5, 0.6) is 0 Å². The lowest BCUT2D eigenvalue weighted by molar-refractivity contribution is -0.384. The summed E-state index contributed by atoms with van der Waals surface area (Å²) in [5.74, 6) is 0. The van der Waals surface area contributed by atoms with Crippen LogP contribution in [0.3, 0.4) is 0 Å². The summed E-state index contributed by atoms with van der Waals surface area (Å²) >= 11 is 0. The second-order valence-corrected chi connectivity index (χ2v) is 3.05. The number of nitro benzene ring substituents is 1. The largest absolute Gasteiger partial charge is 0.503 e. The number of aromatic amines is 1. The molecule has 1 aromatic heterocycles. The predicted molar refractivity (Wildman–Crippen MR) is 61.3 cm³/mol. The molecule has 0 saturated heterocycles. The third kappa shape index (κ3) is 3.93. The number of hydrogen-bond donors (Lipinski definition) is 3. The number of carbonyl (C=O) groups is 1. The van der Waals surface area contributed by atoms with Crippen molar-refractivity contribution >= 4 is 11.8 Å². The highest BCUT2D eigenvalue weighted by atomic mass is 16.6. The van der Waals surface area contributed by atoms with Crippen LogP contribution in [0, 0.1) is 10.1 Å². The number of rotatable bonds is 2. The second kappa shape index (κ2) is 5.99. The number of nitro groups is 1. The molecule has 0 spiro atoms. The molecule has 0 fully saturated rings. The lowest BCUT2D eigenvalue weighted by Gasteiger charge is -1.94. The first-order valence-corrected chi connectivity index (χ1v) is 4.67. The van der Waals surface area contributed by atoms with Crippen LogP contribution < -0.4 is 0 Å². The van der Waals surface area contributed by atoms with Gasteiger partial charge in [0.25, 0.3) is 5.69 Å². The number of nitrogens with one attached hydrogen (secondary N) is 1. The lowest BCUT2D eigenvalue weighted by Crippen LogP contribution is -1.87. The Kier molecular flexibility index (Phi) is 4.38. The van der Waals surface area contributed by atoms with Gasteiger partial charge in [0.15, 0.2) is 0 Å². The molecule has 0 bridgehead atoms. The second-order valence-electron chi connectivity index (χ2n) is 3.05. The van der Waals surface area contributed by atoms with Crippen molar-refractivity contribution < 1.29 is 19.9 Å². The van der Waals surface area contributed by atoms with Crippen LogP contribution in [0.2, 0.25) is 0 Å². The van der Waals surface area contributed by atoms with E-state index in [9.17, 15) is 10.1 Å². The van der Waals surface area contributed by atoms with E-state index in [4.69, 9.17) is 15.0 Å². The lowest BCUT2D eigenvalue weighted by atomic mass is 10.1. The van der Waals surface area contributed by atoms with Gasteiger partial charge in [-0.05, 0) is 18.2 Å². The zero-order valence-electron chi connectivity index (χ0n) is 8.98. The van der Waals surface area contributed by atoms with Gasteiger partial charge in [-0.15, -0.1) is 0 Å². The summed E-state index contributed by atoms with van der Waals surface area (Å²) in [7, 11) is 0. The van der Waals surface area contributed by atoms with Crippen molar-refractivity contribution in [3.63, 3.8) is 0 Å². The van der Waals surface area contributed by atoms with Crippen molar-refractivity contribution in [2.75, 3.05) is 0 Å². The van der Waals surface area contributed by atoms with E-state index < -0.39 is 11.1 Å². The molecule has 0 saturated carbocycles. The van der Waals surface area contributed by atoms with Crippen LogP contribution in [0.15, 0.2) is 36.5 Å². The van der Waals surface area contributed by atoms with Crippen LogP contribution in [0.1, 0.15) is 0 Å². The van der Waals surface area contributed by atoms with Gasteiger partial charge in [-0.2, -0.15) is 5.10 Å². The Morgan fingerprint density at radius 1 is 1.22 bits per heavy atom. The molecule has 0 aliphatic rings. The molecule has 0 aliphatic carbocycles. The van der Waals surface area contributed by atoms with E-state index in [1.54, 1.807) is 24.4 Å². The first kappa shape index (κ1) is 13.2. The molecule has 94 valence electrons. The summed E-state index contributed by atoms with van der Waals surface area (Å²) in [4.78, 5) is 18.5. The molecule has 0 unspecified atom stereocenters. The molecule has 1 heterocycles. The van der Waals surface area contributed by atoms with Crippen molar-refractivity contribution in [1.82, 2.24) is 10.2 Å². The highest BCUT2D eigenvalue weighted by Crippen LogP contribution is 2.19. The Hall–Kier alpha value is -2.90. The van der Waals surface area contributed by atoms with Gasteiger partial charge >= 0.3 is 6.16 Å². The van der Waals surface area contributed by atoms with Gasteiger partial charge < -0.3 is 10.2 Å². The molecule has 2 rings (SSSR count). The fourth-order valence-corrected chi connectivity index (χ4v) is 1.17. The molecule has 0 aliphatic heterocycles. The molecule has 2 aromatic rings. The molecule has 8 nitrogen and oxygen atoms in total. The van der Waals surface area contributed by atoms with E-state index in [0.29, 0.717) is 0 Å². The quantitative estimate of drug-likeness (QED) is 0.554. The topological polar surface area (TPSA) is 129 Å². The molecule has 3 N–H and O–H groups in total. The van der Waals surface area contributed by atoms with Gasteiger partial charge in [0.1, 0.15) is 0 Å². The van der Waals surface area contributed by atoms with E-state index >= 15 is 0 Å². The number of aromatic nitrogens is 2. The van der Waals surface area contributed by atoms with Crippen molar-refractivity contribution in [3.8, 4) is 11.3 Å². The minimum atomic E-state index is -1.83. The molecule has 0 amide bonds. The third-order valence-corrected chi connectivity index (χ3v) is 1.87. The average Bonchev–Trinajstić information content (AvgIpc) is 2.81. The number of carboxylic acid groups (broad SMARTS) is 2. The Labute approximate surface area is 101 Å². The van der Waals surface area contributed by atoms with Gasteiger partial charge in [0.05, 0.1) is 10.6 Å². The van der Waals surface area contributed by atoms with E-state index in [-0.39, 0.29) is 5.69 Å². The maximum atomic E-state index is 10.4. The summed E-state index contributed by atoms with van der Waals surface area (Å²) in [5, 5.41) is 31.0. The van der Waals surface area contributed by atoms with E-state index in [1.807, 2.05) is 0 Å². The Balaban J connectivity index is 0.000000357. The van der Waals surface area contributed by atoms with Crippen LogP contribution in [-0.4, -0.2) is 31.5 Å². The number of non-ortho nitro benzene ring substituents is 1. The molecular formula is C10H9N3O5. The van der Waals surface area contributed by atoms with Gasteiger partial charge in [-0.1, -0.05) is 0 Å². The fourth-order valence-electron chi connectivity index (χ4n) is 1.17. The van der Waals surface area contributed by atoms with Crippen molar-refractivity contribution in [2.45, 2.75) is 0 Å². The monoisotopic (exact) mass is 251 g/mol. The molecule has 1 aromatic carbocycles. The summed E-state index contributed by atoms with van der Waals surface area (Å²) < 4.78 is 0. The van der Waals surface area contributed by atoms with E-state index in [0.717, 1.165) is 11.3 Å². The van der Waals surface area contributed by atoms with Gasteiger partial charge in [0.2, 0.25) is 0 Å². The maximum absolute atomic E-state index is 10.4. The van der Waals surface area contributed by atoms with Crippen LogP contribution in [-0.2, 0) is 0 Å². The normalized spacial score (nSPS) is 9.11. The summed E-state index contributed by atoms with van der Waals surface area (Å²) in [6, 6.07) is 8.08. The van der Waals surface area contributed by atoms with Crippen LogP contribution in [0.25, 0.3) is 11.3 Å². The van der Waals surface area contributed by atoms with E-state index in [2.05, 4.69) is 10.2 Å². The number of H-pyrrole nitrogens is 1. The van der Waals surface area contributed by atoms with Crippen molar-refractivity contribution in [3.05, 3.63) is 46.6 Å². The standard InChI is InChI=1S/C9H7N3O2.CH2O3/c13-12(14)8-3-1-7(2-4-8)9-5-6-10-11-9;2-1(3)4/h1-6H,(H,10,11);(H2,2,3,4). The van der Waals surface area contributed by atoms with Crippen LogP contribution >= 0.6 is 0 Å². The minimum Gasteiger partial charge on any atom is -0.450 e. The van der Waals surface area contributed by atoms with Gasteiger partial charge in [-0.25, -0.2) is 4.79 Å². The number of benzene rings is 1. The average molecular weight is 251 g/mol. The molecule has 18 heavy (non-hydrogen) atoms. The van der Waals surface area contributed by atoms with Crippen molar-refractivity contribution in [2.24, 2.45) is 0 Å². The Morgan fingerprint density at radius 3 is 2.17 bits per heavy atom. The molecular weight excluding hydrogens is 242 g/mol. The SMILES string of the molecule is O=C(O)O.O=[N+]([O-])c1ccc(-c2cc[nH]n2)cc1. The predicted octanol–water partition coefficient (Wildman–Crippen LogP) is 2.21. The fraction of sp³-hybridized carbons (Fsp3) is 0. The first-order chi connectivity index (χ1) is 8.50. The van der Waals surface area contributed by atoms with Gasteiger partial charge in [0, 0.05) is 23.9 Å². The first-order valence-electron chi connectivity index (χ1n) is 4.67. The Morgan fingerprint density at radius 2 is 1.78 bits per heavy atom. The van der Waals surface area contributed by atoms with Gasteiger partial charge in [-0.3, -0.25) is 15.2 Å². The highest BCUT2D eigenvalue weighted by Gasteiger charge is 2.05. The maximum Gasteiger partial charge on any atom is 0.503 e. The molecule has 8 heteroatoms. The third-order valence-electron chi connectivity index (χ3n) is 1.87. The zero-order valence-corrected chi connectivity index (χ0v) is 8.98. The Bertz CT molecular complexity index is 517. The summed E-state index contributed by atoms with van der Waals surface area (Å²) in [6.45, 7) is 0. The van der Waals surface area contributed by atoms with E-state index in [1.165, 1.54) is 12.1 Å². The van der Waals surface area contributed by atoms with Crippen LogP contribution in [0.4, 0.5) is 10.5 Å². The zero-order chi connectivity index (χ0) is 13.5. The van der Waals surface area contributed by atoms with Crippen molar-refractivity contribution in [1.29, 1.82) is 0 Å². The number of nitrogens with zero attached hydrogens (tertiary/aromatic N) is 2. The minimum absolute atomic E-state index is 0.0873. The summed E-state index contributed by atoms with van der Waals surface area (Å²) in [5.41, 5.74) is 1.72.